The largest absolute Gasteiger partial charge is 0.389 e. The minimum Gasteiger partial charge on any atom is -0.389 e. The number of ether oxygens (including phenoxy) is 4. The number of hydrogen-bond acceptors (Lipinski definition) is 16. The number of nitrogens with two attached hydrogens (primary N) is 4. The highest BCUT2D eigenvalue weighted by Gasteiger charge is 2.44. The number of hydrogen-bond donors (Lipinski definition) is 10. The first kappa shape index (κ1) is 31.9. The van der Waals surface area contributed by atoms with Gasteiger partial charge in [-0.25, -0.2) is 0 Å². The van der Waals surface area contributed by atoms with E-state index in [1.54, 1.807) is 0 Å². The van der Waals surface area contributed by atoms with Gasteiger partial charge in [-0.1, -0.05) is 0 Å². The van der Waals surface area contributed by atoms with Crippen molar-refractivity contribution in [1.82, 2.24) is 9.80 Å². The average Bonchev–Trinajstić information content (AvgIpc) is 2.91. The summed E-state index contributed by atoms with van der Waals surface area (Å²) >= 11 is 0. The summed E-state index contributed by atoms with van der Waals surface area (Å²) in [6.07, 6.45) is -10.2. The van der Waals surface area contributed by atoms with E-state index in [1.807, 2.05) is 0 Å². The first-order valence-corrected chi connectivity index (χ1v) is 13.0. The normalized spacial score (nSPS) is 41.2. The predicted molar refractivity (Wildman–Crippen MR) is 132 cm³/mol. The highest BCUT2D eigenvalue weighted by Crippen LogP contribution is 2.22. The van der Waals surface area contributed by atoms with Crippen LogP contribution in [0.3, 0.4) is 0 Å². The zero-order valence-corrected chi connectivity index (χ0v) is 21.5. The Morgan fingerprint density at radius 1 is 0.658 bits per heavy atom. The first-order valence-electron chi connectivity index (χ1n) is 13.0. The van der Waals surface area contributed by atoms with Crippen molar-refractivity contribution >= 4 is 0 Å². The minimum absolute atomic E-state index is 0.0115. The summed E-state index contributed by atoms with van der Waals surface area (Å²) in [7, 11) is 0. The molecule has 3 saturated heterocycles. The van der Waals surface area contributed by atoms with E-state index in [1.165, 1.54) is 0 Å². The lowest BCUT2D eigenvalue weighted by atomic mass is 9.97. The van der Waals surface area contributed by atoms with Crippen molar-refractivity contribution in [2.24, 2.45) is 22.9 Å². The molecule has 0 saturated carbocycles. The SMILES string of the molecule is NC[C@H]1O[C@H](OCC(O)CN2CCN(CC(O)CO[C@H]3O[C@H](CN)[C@@H](O)[C@H](O)[C@H]3N)CC2)[C@H](N)[C@@H](O)[C@@H]1O. The Labute approximate surface area is 221 Å². The van der Waals surface area contributed by atoms with Crippen LogP contribution >= 0.6 is 0 Å². The first-order chi connectivity index (χ1) is 18.0. The van der Waals surface area contributed by atoms with Gasteiger partial charge in [-0.3, -0.25) is 9.80 Å². The van der Waals surface area contributed by atoms with Gasteiger partial charge in [0.05, 0.1) is 37.5 Å². The maximum Gasteiger partial charge on any atom is 0.175 e. The maximum atomic E-state index is 10.4. The topological polar surface area (TPSA) is 269 Å². The highest BCUT2D eigenvalue weighted by atomic mass is 16.7. The van der Waals surface area contributed by atoms with Gasteiger partial charge in [0.1, 0.15) is 36.6 Å². The third kappa shape index (κ3) is 8.20. The molecular formula is C22H46N6O10. The monoisotopic (exact) mass is 554 g/mol. The standard InChI is InChI=1S/C22H46N6O10/c23-5-13-17(31)19(33)15(25)21(37-13)35-9-11(29)7-27-1-2-28(4-3-27)8-12(30)10-36-22-16(26)20(34)18(32)14(6-24)38-22/h11-22,29-34H,1-10,23-26H2/t11?,12?,13-,14-,15-,16-,17-,18-,19-,20-,21+,22+/m1/s1. The molecule has 3 fully saturated rings. The summed E-state index contributed by atoms with van der Waals surface area (Å²) in [6.45, 7) is 3.15. The van der Waals surface area contributed by atoms with Crippen LogP contribution in [-0.4, -0.2) is 180 Å². The van der Waals surface area contributed by atoms with Gasteiger partial charge < -0.3 is 72.5 Å². The van der Waals surface area contributed by atoms with Gasteiger partial charge in [-0.15, -0.1) is 0 Å². The Balaban J connectivity index is 1.32. The van der Waals surface area contributed by atoms with Crippen molar-refractivity contribution in [2.45, 2.75) is 73.5 Å². The molecule has 3 heterocycles. The summed E-state index contributed by atoms with van der Waals surface area (Å²) in [5.74, 6) is 0. The lowest BCUT2D eigenvalue weighted by Crippen LogP contribution is -2.63. The number of aliphatic hydroxyl groups excluding tert-OH is 6. The summed E-state index contributed by atoms with van der Waals surface area (Å²) < 4.78 is 22.2. The molecule has 16 heteroatoms. The van der Waals surface area contributed by atoms with Gasteiger partial charge in [0.2, 0.25) is 0 Å². The maximum absolute atomic E-state index is 10.4. The molecular weight excluding hydrogens is 508 g/mol. The van der Waals surface area contributed by atoms with Crippen molar-refractivity contribution in [1.29, 1.82) is 0 Å². The lowest BCUT2D eigenvalue weighted by Gasteiger charge is -2.41. The van der Waals surface area contributed by atoms with Crippen molar-refractivity contribution in [3.05, 3.63) is 0 Å². The summed E-state index contributed by atoms with van der Waals surface area (Å²) in [6, 6.07) is -1.95. The van der Waals surface area contributed by atoms with Gasteiger partial charge >= 0.3 is 0 Å². The van der Waals surface area contributed by atoms with E-state index in [0.717, 1.165) is 0 Å². The quantitative estimate of drug-likeness (QED) is 0.107. The number of rotatable bonds is 12. The fourth-order valence-corrected chi connectivity index (χ4v) is 4.86. The molecule has 0 amide bonds. The van der Waals surface area contributed by atoms with E-state index < -0.39 is 73.5 Å². The second-order valence-electron chi connectivity index (χ2n) is 10.2. The van der Waals surface area contributed by atoms with Crippen LogP contribution < -0.4 is 22.9 Å². The van der Waals surface area contributed by atoms with Crippen molar-refractivity contribution in [3.8, 4) is 0 Å². The molecule has 3 rings (SSSR count). The smallest absolute Gasteiger partial charge is 0.175 e. The number of β-amino-alcohol motifs (C(OH)–C–C–N with tert-alkyl or cyclic N) is 2. The van der Waals surface area contributed by atoms with E-state index >= 15 is 0 Å². The molecule has 0 aromatic carbocycles. The average molecular weight is 555 g/mol. The molecule has 0 aromatic heterocycles. The third-order valence-electron chi connectivity index (χ3n) is 7.27. The Kier molecular flexibility index (Phi) is 12.4. The van der Waals surface area contributed by atoms with E-state index in [9.17, 15) is 30.6 Å². The Morgan fingerprint density at radius 3 is 1.32 bits per heavy atom. The van der Waals surface area contributed by atoms with E-state index in [0.29, 0.717) is 39.3 Å². The van der Waals surface area contributed by atoms with Crippen LogP contribution in [0.4, 0.5) is 0 Å². The molecule has 3 aliphatic heterocycles. The zero-order chi connectivity index (χ0) is 28.0. The molecule has 0 aromatic rings. The molecule has 0 spiro atoms. The van der Waals surface area contributed by atoms with Crippen molar-refractivity contribution in [3.63, 3.8) is 0 Å². The van der Waals surface area contributed by atoms with Crippen LogP contribution in [0, 0.1) is 0 Å². The number of aliphatic hydroxyl groups is 6. The molecule has 14 N–H and O–H groups in total. The summed E-state index contributed by atoms with van der Waals surface area (Å²) in [5, 5.41) is 60.8. The minimum atomic E-state index is -1.25. The van der Waals surface area contributed by atoms with Crippen LogP contribution in [0.5, 0.6) is 0 Å². The zero-order valence-electron chi connectivity index (χ0n) is 21.5. The molecule has 12 atom stereocenters. The second kappa shape index (κ2) is 14.8. The molecule has 0 bridgehead atoms. The van der Waals surface area contributed by atoms with Gasteiger partial charge in [0, 0.05) is 52.4 Å². The van der Waals surface area contributed by atoms with Crippen LogP contribution in [-0.2, 0) is 18.9 Å². The van der Waals surface area contributed by atoms with Gasteiger partial charge in [-0.05, 0) is 0 Å². The fourth-order valence-electron chi connectivity index (χ4n) is 4.86. The number of nitrogens with zero attached hydrogens (tertiary/aromatic N) is 2. The molecule has 2 unspecified atom stereocenters. The van der Waals surface area contributed by atoms with Gasteiger partial charge in [0.25, 0.3) is 0 Å². The second-order valence-corrected chi connectivity index (χ2v) is 10.2. The highest BCUT2D eigenvalue weighted by molar-refractivity contribution is 4.93. The molecule has 38 heavy (non-hydrogen) atoms. The molecule has 16 nitrogen and oxygen atoms in total. The van der Waals surface area contributed by atoms with E-state index in [2.05, 4.69) is 9.80 Å². The van der Waals surface area contributed by atoms with Gasteiger partial charge in [0.15, 0.2) is 12.6 Å². The predicted octanol–water partition coefficient (Wildman–Crippen LogP) is -7.18. The molecule has 224 valence electrons. The van der Waals surface area contributed by atoms with E-state index in [-0.39, 0.29) is 26.3 Å². The molecule has 0 aliphatic carbocycles. The summed E-state index contributed by atoms with van der Waals surface area (Å²) in [4.78, 5) is 4.12. The lowest BCUT2D eigenvalue weighted by molar-refractivity contribution is -0.262. The van der Waals surface area contributed by atoms with Crippen LogP contribution in [0.1, 0.15) is 0 Å². The molecule has 3 aliphatic rings. The Hall–Kier alpha value is -0.640. The Bertz CT molecular complexity index is 635. The van der Waals surface area contributed by atoms with E-state index in [4.69, 9.17) is 41.9 Å². The van der Waals surface area contributed by atoms with Crippen LogP contribution in [0.15, 0.2) is 0 Å². The van der Waals surface area contributed by atoms with Crippen molar-refractivity contribution < 1.29 is 49.6 Å². The Morgan fingerprint density at radius 2 is 1.00 bits per heavy atom. The van der Waals surface area contributed by atoms with Crippen LogP contribution in [0.2, 0.25) is 0 Å². The third-order valence-corrected chi connectivity index (χ3v) is 7.27. The number of piperazine rings is 1. The van der Waals surface area contributed by atoms with Crippen LogP contribution in [0.25, 0.3) is 0 Å². The van der Waals surface area contributed by atoms with Crippen molar-refractivity contribution in [2.75, 3.05) is 65.6 Å². The fraction of sp³-hybridized carbons (Fsp3) is 1.00. The van der Waals surface area contributed by atoms with Gasteiger partial charge in [-0.2, -0.15) is 0 Å². The summed E-state index contributed by atoms with van der Waals surface area (Å²) in [5.41, 5.74) is 22.9. The molecule has 0 radical (unpaired) electrons.